The molecular weight excluding hydrogens is 270 g/mol. The molecular formula is C15H17N3O3. The molecule has 21 heavy (non-hydrogen) atoms. The Morgan fingerprint density at radius 1 is 1.29 bits per heavy atom. The van der Waals surface area contributed by atoms with Crippen molar-refractivity contribution in [3.05, 3.63) is 29.6 Å². The minimum atomic E-state index is -0.866. The highest BCUT2D eigenvalue weighted by atomic mass is 16.4. The van der Waals surface area contributed by atoms with Crippen molar-refractivity contribution in [2.24, 2.45) is 5.92 Å². The van der Waals surface area contributed by atoms with E-state index in [9.17, 15) is 14.7 Å². The van der Waals surface area contributed by atoms with Gasteiger partial charge in [0.1, 0.15) is 11.8 Å². The standard InChI is InChI=1S/C15H17N3O3/c16-8-10-6-7-13(17-9-10)14(19)18-12-5-3-1-2-4-11(12)15(20)21/h6-7,9,11-12H,1-5H2,(H,18,19)(H,20,21). The lowest BCUT2D eigenvalue weighted by Crippen LogP contribution is -2.43. The number of aliphatic carboxylic acids is 1. The van der Waals surface area contributed by atoms with Crippen LogP contribution < -0.4 is 5.32 Å². The van der Waals surface area contributed by atoms with Gasteiger partial charge in [0.05, 0.1) is 11.5 Å². The molecule has 2 atom stereocenters. The summed E-state index contributed by atoms with van der Waals surface area (Å²) in [5.41, 5.74) is 0.576. The Balaban J connectivity index is 2.08. The number of carbonyl (C=O) groups excluding carboxylic acids is 1. The summed E-state index contributed by atoms with van der Waals surface area (Å²) in [6.07, 6.45) is 5.36. The Kier molecular flexibility index (Phi) is 4.88. The number of pyridine rings is 1. The van der Waals surface area contributed by atoms with Crippen molar-refractivity contribution >= 4 is 11.9 Å². The van der Waals surface area contributed by atoms with Gasteiger partial charge in [-0.2, -0.15) is 5.26 Å². The van der Waals surface area contributed by atoms with Crippen molar-refractivity contribution in [1.82, 2.24) is 10.3 Å². The molecule has 1 aliphatic carbocycles. The molecule has 2 unspecified atom stereocenters. The van der Waals surface area contributed by atoms with E-state index in [1.165, 1.54) is 18.3 Å². The fourth-order valence-electron chi connectivity index (χ4n) is 2.61. The number of rotatable bonds is 3. The molecule has 0 aliphatic heterocycles. The number of carboxylic acid groups (broad SMARTS) is 1. The molecule has 2 rings (SSSR count). The molecule has 0 saturated heterocycles. The number of nitrogens with zero attached hydrogens (tertiary/aromatic N) is 2. The van der Waals surface area contributed by atoms with Gasteiger partial charge in [-0.25, -0.2) is 4.98 Å². The molecule has 1 heterocycles. The summed E-state index contributed by atoms with van der Waals surface area (Å²) in [5.74, 6) is -1.80. The molecule has 1 fully saturated rings. The average Bonchev–Trinajstić information content (AvgIpc) is 2.72. The lowest BCUT2D eigenvalue weighted by molar-refractivity contribution is -0.142. The van der Waals surface area contributed by atoms with Gasteiger partial charge < -0.3 is 10.4 Å². The fraction of sp³-hybridized carbons (Fsp3) is 0.467. The summed E-state index contributed by atoms with van der Waals surface area (Å²) < 4.78 is 0. The Labute approximate surface area is 122 Å². The zero-order valence-electron chi connectivity index (χ0n) is 11.6. The summed E-state index contributed by atoms with van der Waals surface area (Å²) in [6.45, 7) is 0. The van der Waals surface area contributed by atoms with Crippen molar-refractivity contribution in [1.29, 1.82) is 5.26 Å². The summed E-state index contributed by atoms with van der Waals surface area (Å²) in [5, 5.41) is 20.8. The molecule has 1 aromatic rings. The van der Waals surface area contributed by atoms with E-state index in [0.717, 1.165) is 19.3 Å². The zero-order valence-corrected chi connectivity index (χ0v) is 11.6. The van der Waals surface area contributed by atoms with Crippen molar-refractivity contribution < 1.29 is 14.7 Å². The van der Waals surface area contributed by atoms with E-state index in [2.05, 4.69) is 10.3 Å². The van der Waals surface area contributed by atoms with Crippen molar-refractivity contribution in [3.63, 3.8) is 0 Å². The SMILES string of the molecule is N#Cc1ccc(C(=O)NC2CCCCCC2C(=O)O)nc1. The van der Waals surface area contributed by atoms with Crippen LogP contribution in [0.25, 0.3) is 0 Å². The molecule has 1 amide bonds. The monoisotopic (exact) mass is 287 g/mol. The summed E-state index contributed by atoms with van der Waals surface area (Å²) in [7, 11) is 0. The predicted octanol–water partition coefficient (Wildman–Crippen LogP) is 1.72. The van der Waals surface area contributed by atoms with Gasteiger partial charge in [-0.15, -0.1) is 0 Å². The Morgan fingerprint density at radius 3 is 2.67 bits per heavy atom. The topological polar surface area (TPSA) is 103 Å². The molecule has 6 nitrogen and oxygen atoms in total. The van der Waals surface area contributed by atoms with Crippen LogP contribution in [0.4, 0.5) is 0 Å². The van der Waals surface area contributed by atoms with Crippen LogP contribution in [0.1, 0.15) is 48.2 Å². The Morgan fingerprint density at radius 2 is 2.05 bits per heavy atom. The zero-order chi connectivity index (χ0) is 15.2. The third-order valence-electron chi connectivity index (χ3n) is 3.77. The molecule has 110 valence electrons. The number of nitriles is 1. The second-order valence-corrected chi connectivity index (χ2v) is 5.21. The number of hydrogen-bond acceptors (Lipinski definition) is 4. The van der Waals surface area contributed by atoms with Gasteiger partial charge in [0.2, 0.25) is 0 Å². The smallest absolute Gasteiger partial charge is 0.308 e. The average molecular weight is 287 g/mol. The van der Waals surface area contributed by atoms with Crippen LogP contribution in [-0.2, 0) is 4.79 Å². The molecule has 2 N–H and O–H groups in total. The molecule has 0 spiro atoms. The molecule has 6 heteroatoms. The molecule has 1 aromatic heterocycles. The van der Waals surface area contributed by atoms with Crippen molar-refractivity contribution in [3.8, 4) is 6.07 Å². The quantitative estimate of drug-likeness (QED) is 0.824. The van der Waals surface area contributed by atoms with Crippen molar-refractivity contribution in [2.45, 2.75) is 38.1 Å². The van der Waals surface area contributed by atoms with Gasteiger partial charge >= 0.3 is 5.97 Å². The van der Waals surface area contributed by atoms with Crippen LogP contribution in [0.2, 0.25) is 0 Å². The van der Waals surface area contributed by atoms with Gasteiger partial charge in [0.25, 0.3) is 5.91 Å². The number of nitrogens with one attached hydrogen (secondary N) is 1. The normalized spacial score (nSPS) is 21.9. The van der Waals surface area contributed by atoms with Gasteiger partial charge in [-0.3, -0.25) is 9.59 Å². The largest absolute Gasteiger partial charge is 0.481 e. The second kappa shape index (κ2) is 6.84. The maximum atomic E-state index is 12.1. The van der Waals surface area contributed by atoms with Crippen LogP contribution in [-0.4, -0.2) is 28.0 Å². The number of carbonyl (C=O) groups is 2. The van der Waals surface area contributed by atoms with Crippen LogP contribution >= 0.6 is 0 Å². The fourth-order valence-corrected chi connectivity index (χ4v) is 2.61. The van der Waals surface area contributed by atoms with Crippen molar-refractivity contribution in [2.75, 3.05) is 0 Å². The lowest BCUT2D eigenvalue weighted by atomic mass is 9.95. The first kappa shape index (κ1) is 15.0. The van der Waals surface area contributed by atoms with E-state index in [0.29, 0.717) is 18.4 Å². The summed E-state index contributed by atoms with van der Waals surface area (Å²) in [4.78, 5) is 27.4. The molecule has 1 saturated carbocycles. The minimum absolute atomic E-state index is 0.197. The third kappa shape index (κ3) is 3.78. The highest BCUT2D eigenvalue weighted by molar-refractivity contribution is 5.92. The number of carboxylic acids is 1. The predicted molar refractivity (Wildman–Crippen MR) is 74.4 cm³/mol. The first-order valence-corrected chi connectivity index (χ1v) is 7.01. The van der Waals surface area contributed by atoms with Crippen LogP contribution in [0, 0.1) is 17.2 Å². The summed E-state index contributed by atoms with van der Waals surface area (Å²) in [6, 6.07) is 4.56. The highest BCUT2D eigenvalue weighted by Crippen LogP contribution is 2.24. The maximum Gasteiger partial charge on any atom is 0.308 e. The number of hydrogen-bond donors (Lipinski definition) is 2. The Hall–Kier alpha value is -2.42. The molecule has 1 aliphatic rings. The maximum absolute atomic E-state index is 12.1. The van der Waals surface area contributed by atoms with E-state index >= 15 is 0 Å². The minimum Gasteiger partial charge on any atom is -0.481 e. The van der Waals surface area contributed by atoms with E-state index in [4.69, 9.17) is 5.26 Å². The van der Waals surface area contributed by atoms with Crippen LogP contribution in [0.5, 0.6) is 0 Å². The second-order valence-electron chi connectivity index (χ2n) is 5.21. The molecule has 0 aromatic carbocycles. The van der Waals surface area contributed by atoms with Gasteiger partial charge in [-0.1, -0.05) is 19.3 Å². The Bertz CT molecular complexity index is 563. The molecule has 0 bridgehead atoms. The molecule has 0 radical (unpaired) electrons. The van der Waals surface area contributed by atoms with Crippen LogP contribution in [0.3, 0.4) is 0 Å². The number of aromatic nitrogens is 1. The first-order valence-electron chi connectivity index (χ1n) is 7.01. The van der Waals surface area contributed by atoms with E-state index in [1.54, 1.807) is 0 Å². The van der Waals surface area contributed by atoms with Gasteiger partial charge in [-0.05, 0) is 25.0 Å². The highest BCUT2D eigenvalue weighted by Gasteiger charge is 2.30. The van der Waals surface area contributed by atoms with Gasteiger partial charge in [0, 0.05) is 12.2 Å². The van der Waals surface area contributed by atoms with E-state index in [1.807, 2.05) is 6.07 Å². The van der Waals surface area contributed by atoms with Gasteiger partial charge in [0.15, 0.2) is 0 Å². The number of amides is 1. The van der Waals surface area contributed by atoms with E-state index < -0.39 is 17.8 Å². The first-order chi connectivity index (χ1) is 10.1. The third-order valence-corrected chi connectivity index (χ3v) is 3.77. The van der Waals surface area contributed by atoms with E-state index in [-0.39, 0.29) is 11.7 Å². The summed E-state index contributed by atoms with van der Waals surface area (Å²) >= 11 is 0. The van der Waals surface area contributed by atoms with Crippen LogP contribution in [0.15, 0.2) is 18.3 Å². The lowest BCUT2D eigenvalue weighted by Gasteiger charge is -2.22.